The van der Waals surface area contributed by atoms with Gasteiger partial charge in [-0.25, -0.2) is 9.37 Å². The quantitative estimate of drug-likeness (QED) is 0.705. The predicted octanol–water partition coefficient (Wildman–Crippen LogP) is 4.81. The van der Waals surface area contributed by atoms with Gasteiger partial charge in [0.15, 0.2) is 0 Å². The van der Waals surface area contributed by atoms with E-state index in [9.17, 15) is 4.39 Å². The molecule has 1 aliphatic rings. The van der Waals surface area contributed by atoms with E-state index in [0.29, 0.717) is 23.2 Å². The van der Waals surface area contributed by atoms with E-state index in [-0.39, 0.29) is 11.2 Å². The van der Waals surface area contributed by atoms with Crippen molar-refractivity contribution in [2.75, 3.05) is 6.61 Å². The fourth-order valence-electron chi connectivity index (χ4n) is 2.68. The van der Waals surface area contributed by atoms with Crippen molar-refractivity contribution in [3.8, 4) is 17.0 Å². The summed E-state index contributed by atoms with van der Waals surface area (Å²) in [6.07, 6.45) is 0.787. The molecule has 2 nitrogen and oxygen atoms in total. The molecule has 0 saturated carbocycles. The van der Waals surface area contributed by atoms with E-state index in [2.05, 4.69) is 18.8 Å². The van der Waals surface area contributed by atoms with Gasteiger partial charge in [-0.3, -0.25) is 0 Å². The molecule has 1 aromatic heterocycles. The highest BCUT2D eigenvalue weighted by Crippen LogP contribution is 2.40. The highest BCUT2D eigenvalue weighted by molar-refractivity contribution is 6.29. The molecule has 0 amide bonds. The summed E-state index contributed by atoms with van der Waals surface area (Å²) >= 11 is 6.07. The van der Waals surface area contributed by atoms with Crippen molar-refractivity contribution in [3.63, 3.8) is 0 Å². The summed E-state index contributed by atoms with van der Waals surface area (Å²) in [4.78, 5) is 4.23. The average Bonchev–Trinajstić information content (AvgIpc) is 2.38. The zero-order chi connectivity index (χ0) is 15.2. The van der Waals surface area contributed by atoms with Crippen LogP contribution in [0.2, 0.25) is 5.15 Å². The monoisotopic (exact) mass is 305 g/mol. The first-order valence-electron chi connectivity index (χ1n) is 6.94. The van der Waals surface area contributed by atoms with E-state index >= 15 is 0 Å². The van der Waals surface area contributed by atoms with Gasteiger partial charge in [0.1, 0.15) is 11.0 Å². The maximum absolute atomic E-state index is 14.3. The summed E-state index contributed by atoms with van der Waals surface area (Å²) < 4.78 is 20.1. The molecule has 4 heteroatoms. The Morgan fingerprint density at radius 1 is 1.24 bits per heavy atom. The van der Waals surface area contributed by atoms with Crippen LogP contribution in [-0.2, 0) is 6.42 Å². The number of halogens is 2. The first-order valence-corrected chi connectivity index (χ1v) is 7.32. The molecule has 0 N–H and O–H groups in total. The van der Waals surface area contributed by atoms with Gasteiger partial charge in [-0.05, 0) is 36.6 Å². The number of aromatic nitrogens is 1. The van der Waals surface area contributed by atoms with Crippen LogP contribution in [-0.4, -0.2) is 11.6 Å². The highest BCUT2D eigenvalue weighted by atomic mass is 35.5. The van der Waals surface area contributed by atoms with E-state index in [1.54, 1.807) is 12.1 Å². The van der Waals surface area contributed by atoms with E-state index in [1.165, 1.54) is 6.07 Å². The number of fused-ring (bicyclic) bond motifs is 1. The SMILES string of the molecule is Cc1ccc(-c2cc(Cl)nc3c2CC(C)(C)CO3)c(F)c1. The Bertz CT molecular complexity index is 712. The van der Waals surface area contributed by atoms with Gasteiger partial charge < -0.3 is 4.74 Å². The van der Waals surface area contributed by atoms with Crippen LogP contribution in [0.1, 0.15) is 25.0 Å². The third-order valence-electron chi connectivity index (χ3n) is 3.72. The molecule has 0 fully saturated rings. The Balaban J connectivity index is 2.21. The molecule has 2 aromatic rings. The van der Waals surface area contributed by atoms with E-state index < -0.39 is 0 Å². The van der Waals surface area contributed by atoms with Crippen molar-refractivity contribution >= 4 is 11.6 Å². The van der Waals surface area contributed by atoms with Crippen LogP contribution in [0, 0.1) is 18.2 Å². The normalized spacial score (nSPS) is 16.2. The summed E-state index contributed by atoms with van der Waals surface area (Å²) in [5.74, 6) is 0.277. The molecule has 0 atom stereocenters. The summed E-state index contributed by atoms with van der Waals surface area (Å²) in [5.41, 5.74) is 3.14. The average molecular weight is 306 g/mol. The van der Waals surface area contributed by atoms with Crippen LogP contribution in [0.4, 0.5) is 4.39 Å². The Morgan fingerprint density at radius 3 is 2.71 bits per heavy atom. The molecule has 110 valence electrons. The van der Waals surface area contributed by atoms with Crippen LogP contribution in [0.5, 0.6) is 5.88 Å². The largest absolute Gasteiger partial charge is 0.477 e. The van der Waals surface area contributed by atoms with Gasteiger partial charge in [0, 0.05) is 16.5 Å². The molecule has 3 rings (SSSR count). The molecule has 2 heterocycles. The van der Waals surface area contributed by atoms with Crippen LogP contribution in [0.15, 0.2) is 24.3 Å². The minimum Gasteiger partial charge on any atom is -0.477 e. The number of ether oxygens (including phenoxy) is 1. The number of hydrogen-bond donors (Lipinski definition) is 0. The second-order valence-corrected chi connectivity index (χ2v) is 6.78. The standard InChI is InChI=1S/C17H17ClFNO/c1-10-4-5-11(14(19)6-10)12-7-15(18)20-16-13(12)8-17(2,3)9-21-16/h4-7H,8-9H2,1-3H3. The smallest absolute Gasteiger partial charge is 0.218 e. The zero-order valence-corrected chi connectivity index (χ0v) is 13.1. The lowest BCUT2D eigenvalue weighted by Gasteiger charge is -2.32. The van der Waals surface area contributed by atoms with Gasteiger partial charge in [0.2, 0.25) is 5.88 Å². The molecule has 0 bridgehead atoms. The van der Waals surface area contributed by atoms with Gasteiger partial charge in [-0.15, -0.1) is 0 Å². The zero-order valence-electron chi connectivity index (χ0n) is 12.3. The molecule has 0 radical (unpaired) electrons. The van der Waals surface area contributed by atoms with Gasteiger partial charge >= 0.3 is 0 Å². The summed E-state index contributed by atoms with van der Waals surface area (Å²) in [7, 11) is 0. The number of rotatable bonds is 1. The maximum Gasteiger partial charge on any atom is 0.218 e. The number of nitrogens with zero attached hydrogens (tertiary/aromatic N) is 1. The van der Waals surface area contributed by atoms with Crippen LogP contribution in [0.3, 0.4) is 0 Å². The molecule has 0 unspecified atom stereocenters. The second-order valence-electron chi connectivity index (χ2n) is 6.39. The van der Waals surface area contributed by atoms with E-state index in [0.717, 1.165) is 23.1 Å². The highest BCUT2D eigenvalue weighted by Gasteiger charge is 2.30. The summed E-state index contributed by atoms with van der Waals surface area (Å²) in [6.45, 7) is 6.71. The maximum atomic E-state index is 14.3. The molecule has 1 aromatic carbocycles. The molecule has 0 spiro atoms. The van der Waals surface area contributed by atoms with Crippen molar-refractivity contribution in [3.05, 3.63) is 46.4 Å². The Hall–Kier alpha value is -1.61. The lowest BCUT2D eigenvalue weighted by molar-refractivity contribution is 0.149. The van der Waals surface area contributed by atoms with Gasteiger partial charge in [-0.2, -0.15) is 0 Å². The number of hydrogen-bond acceptors (Lipinski definition) is 2. The molecular weight excluding hydrogens is 289 g/mol. The molecule has 0 aliphatic carbocycles. The third-order valence-corrected chi connectivity index (χ3v) is 3.92. The number of pyridine rings is 1. The molecule has 0 saturated heterocycles. The van der Waals surface area contributed by atoms with Crippen molar-refractivity contribution in [1.29, 1.82) is 0 Å². The fraction of sp³-hybridized carbons (Fsp3) is 0.353. The van der Waals surface area contributed by atoms with Crippen molar-refractivity contribution in [2.24, 2.45) is 5.41 Å². The van der Waals surface area contributed by atoms with Crippen molar-refractivity contribution in [1.82, 2.24) is 4.98 Å². The first-order chi connectivity index (χ1) is 9.85. The topological polar surface area (TPSA) is 22.1 Å². The first kappa shape index (κ1) is 14.3. The Morgan fingerprint density at radius 2 is 2.00 bits per heavy atom. The van der Waals surface area contributed by atoms with Crippen molar-refractivity contribution < 1.29 is 9.13 Å². The van der Waals surface area contributed by atoms with Crippen LogP contribution in [0.25, 0.3) is 11.1 Å². The molecule has 21 heavy (non-hydrogen) atoms. The predicted molar refractivity (Wildman–Crippen MR) is 82.4 cm³/mol. The fourth-order valence-corrected chi connectivity index (χ4v) is 2.87. The second kappa shape index (κ2) is 4.99. The Labute approximate surface area is 128 Å². The third kappa shape index (κ3) is 2.75. The minimum atomic E-state index is -0.247. The summed E-state index contributed by atoms with van der Waals surface area (Å²) in [6, 6.07) is 6.94. The van der Waals surface area contributed by atoms with Crippen molar-refractivity contribution in [2.45, 2.75) is 27.2 Å². The summed E-state index contributed by atoms with van der Waals surface area (Å²) in [5, 5.41) is 0.323. The van der Waals surface area contributed by atoms with Gasteiger partial charge in [-0.1, -0.05) is 37.6 Å². The molecule has 1 aliphatic heterocycles. The Kier molecular flexibility index (Phi) is 3.40. The lowest BCUT2D eigenvalue weighted by Crippen LogP contribution is -2.29. The van der Waals surface area contributed by atoms with Crippen LogP contribution >= 0.6 is 11.6 Å². The minimum absolute atomic E-state index is 0.00155. The lowest BCUT2D eigenvalue weighted by atomic mass is 9.82. The number of aryl methyl sites for hydroxylation is 1. The van der Waals surface area contributed by atoms with Gasteiger partial charge in [0.05, 0.1) is 6.61 Å². The number of benzene rings is 1. The van der Waals surface area contributed by atoms with Gasteiger partial charge in [0.25, 0.3) is 0 Å². The van der Waals surface area contributed by atoms with Crippen LogP contribution < -0.4 is 4.74 Å². The van der Waals surface area contributed by atoms with E-state index in [4.69, 9.17) is 16.3 Å². The molecular formula is C17H17ClFNO. The van der Waals surface area contributed by atoms with E-state index in [1.807, 2.05) is 13.0 Å².